The summed E-state index contributed by atoms with van der Waals surface area (Å²) in [5.74, 6) is 0. The van der Waals surface area contributed by atoms with E-state index in [0.717, 1.165) is 39.0 Å². The lowest BCUT2D eigenvalue weighted by Crippen LogP contribution is -2.16. The number of rotatable bonds is 5. The molecule has 1 aliphatic rings. The smallest absolute Gasteiger partial charge is 0.269 e. The summed E-state index contributed by atoms with van der Waals surface area (Å²) in [5.41, 5.74) is 10.5. The molecule has 0 fully saturated rings. The lowest BCUT2D eigenvalue weighted by atomic mass is 9.82. The van der Waals surface area contributed by atoms with E-state index in [1.54, 1.807) is 12.1 Å². The van der Waals surface area contributed by atoms with Crippen molar-refractivity contribution in [3.05, 3.63) is 167 Å². The second kappa shape index (κ2) is 10.2. The van der Waals surface area contributed by atoms with Crippen LogP contribution in [0.25, 0.3) is 43.8 Å². The molecule has 216 valence electrons. The second-order valence-electron chi connectivity index (χ2n) is 12.2. The molecule has 0 saturated heterocycles. The van der Waals surface area contributed by atoms with E-state index in [-0.39, 0.29) is 16.0 Å². The Morgan fingerprint density at radius 3 is 1.98 bits per heavy atom. The molecule has 0 aromatic heterocycles. The van der Waals surface area contributed by atoms with Crippen LogP contribution in [-0.4, -0.2) is 4.92 Å². The van der Waals surface area contributed by atoms with Crippen molar-refractivity contribution >= 4 is 44.3 Å². The van der Waals surface area contributed by atoms with Gasteiger partial charge in [0.1, 0.15) is 0 Å². The van der Waals surface area contributed by atoms with Crippen LogP contribution in [0.1, 0.15) is 25.0 Å². The molecule has 45 heavy (non-hydrogen) atoms. The summed E-state index contributed by atoms with van der Waals surface area (Å²) < 4.78 is 0. The number of hydrogen-bond donors (Lipinski definition) is 0. The van der Waals surface area contributed by atoms with Crippen molar-refractivity contribution < 1.29 is 4.92 Å². The molecule has 0 aliphatic heterocycles. The summed E-state index contributed by atoms with van der Waals surface area (Å²) in [5, 5.41) is 15.9. The first kappa shape index (κ1) is 26.9. The van der Waals surface area contributed by atoms with E-state index in [1.807, 2.05) is 12.1 Å². The minimum Gasteiger partial charge on any atom is -0.309 e. The number of hydrogen-bond acceptors (Lipinski definition) is 3. The van der Waals surface area contributed by atoms with Gasteiger partial charge < -0.3 is 4.90 Å². The monoisotopic (exact) mass is 582 g/mol. The van der Waals surface area contributed by atoms with Crippen molar-refractivity contribution in [2.45, 2.75) is 19.3 Å². The van der Waals surface area contributed by atoms with E-state index in [1.165, 1.54) is 33.0 Å². The van der Waals surface area contributed by atoms with Crippen LogP contribution in [0, 0.1) is 10.1 Å². The van der Waals surface area contributed by atoms with Gasteiger partial charge in [0, 0.05) is 34.0 Å². The summed E-state index contributed by atoms with van der Waals surface area (Å²) in [6.07, 6.45) is 0. The van der Waals surface area contributed by atoms with Gasteiger partial charge in [-0.05, 0) is 80.6 Å². The highest BCUT2D eigenvalue weighted by molar-refractivity contribution is 6.09. The van der Waals surface area contributed by atoms with Gasteiger partial charge in [0.2, 0.25) is 0 Å². The zero-order valence-electron chi connectivity index (χ0n) is 25.1. The fourth-order valence-corrected chi connectivity index (χ4v) is 7.14. The average Bonchev–Trinajstić information content (AvgIpc) is 3.31. The van der Waals surface area contributed by atoms with Crippen molar-refractivity contribution in [1.82, 2.24) is 0 Å². The minimum absolute atomic E-state index is 0.0866. The number of nitro groups is 1. The molecule has 0 N–H and O–H groups in total. The fraction of sp³-hybridized carbons (Fsp3) is 0.0732. The third kappa shape index (κ3) is 4.21. The zero-order chi connectivity index (χ0) is 30.7. The van der Waals surface area contributed by atoms with E-state index < -0.39 is 0 Å². The molecule has 0 unspecified atom stereocenters. The molecule has 8 rings (SSSR count). The van der Waals surface area contributed by atoms with E-state index in [4.69, 9.17) is 0 Å². The number of nitrogens with zero attached hydrogens (tertiary/aromatic N) is 2. The number of benzene rings is 7. The summed E-state index contributed by atoms with van der Waals surface area (Å²) >= 11 is 0. The van der Waals surface area contributed by atoms with E-state index in [2.05, 4.69) is 140 Å². The summed E-state index contributed by atoms with van der Waals surface area (Å²) in [4.78, 5) is 13.4. The number of nitro benzene ring substituents is 1. The van der Waals surface area contributed by atoms with Crippen LogP contribution in [0.3, 0.4) is 0 Å². The summed E-state index contributed by atoms with van der Waals surface area (Å²) in [7, 11) is 0. The van der Waals surface area contributed by atoms with Gasteiger partial charge in [-0.3, -0.25) is 10.1 Å². The number of anilines is 3. The Balaban J connectivity index is 1.38. The van der Waals surface area contributed by atoms with Gasteiger partial charge in [-0.25, -0.2) is 0 Å². The molecule has 4 heteroatoms. The average molecular weight is 583 g/mol. The van der Waals surface area contributed by atoms with Crippen molar-refractivity contribution in [3.63, 3.8) is 0 Å². The first-order chi connectivity index (χ1) is 21.9. The largest absolute Gasteiger partial charge is 0.309 e. The van der Waals surface area contributed by atoms with Crippen LogP contribution < -0.4 is 4.90 Å². The molecule has 0 heterocycles. The highest BCUT2D eigenvalue weighted by Gasteiger charge is 2.36. The maximum atomic E-state index is 11.3. The molecule has 0 radical (unpaired) electrons. The number of fused-ring (bicyclic) bond motifs is 5. The van der Waals surface area contributed by atoms with Gasteiger partial charge in [0.05, 0.1) is 16.3 Å². The molecule has 4 nitrogen and oxygen atoms in total. The Bertz CT molecular complexity index is 2280. The van der Waals surface area contributed by atoms with Gasteiger partial charge in [-0.2, -0.15) is 0 Å². The molecule has 0 atom stereocenters. The molecule has 0 bridgehead atoms. The number of non-ortho nitro benzene ring substituents is 1. The van der Waals surface area contributed by atoms with Gasteiger partial charge >= 0.3 is 0 Å². The van der Waals surface area contributed by atoms with Crippen molar-refractivity contribution in [1.29, 1.82) is 0 Å². The van der Waals surface area contributed by atoms with Gasteiger partial charge in [-0.15, -0.1) is 0 Å². The Morgan fingerprint density at radius 1 is 0.556 bits per heavy atom. The van der Waals surface area contributed by atoms with E-state index in [9.17, 15) is 10.1 Å². The maximum absolute atomic E-state index is 11.3. The summed E-state index contributed by atoms with van der Waals surface area (Å²) in [6.45, 7) is 4.64. The fourth-order valence-electron chi connectivity index (χ4n) is 7.14. The van der Waals surface area contributed by atoms with Crippen molar-refractivity contribution in [2.24, 2.45) is 0 Å². The Labute approximate surface area is 262 Å². The molecule has 0 amide bonds. The standard InChI is InChI=1S/C41H30N2O2/c1-41(2)37-16-8-7-14-34(37)35-23-22-30(26-38(35)41)42(39-17-9-11-27-10-3-4-12-32(27)39)40-25-24-31(33-13-5-6-15-36(33)40)28-18-20-29(21-19-28)43(44)45/h3-26H,1-2H3. The van der Waals surface area contributed by atoms with Crippen LogP contribution in [0.4, 0.5) is 22.7 Å². The van der Waals surface area contributed by atoms with Crippen LogP contribution in [0.15, 0.2) is 146 Å². The maximum Gasteiger partial charge on any atom is 0.269 e. The quantitative estimate of drug-likeness (QED) is 0.150. The third-order valence-electron chi connectivity index (χ3n) is 9.36. The molecule has 7 aromatic carbocycles. The normalized spacial score (nSPS) is 13.0. The third-order valence-corrected chi connectivity index (χ3v) is 9.36. The predicted molar refractivity (Wildman–Crippen MR) is 186 cm³/mol. The molecule has 7 aromatic rings. The van der Waals surface area contributed by atoms with Crippen LogP contribution in [-0.2, 0) is 5.41 Å². The van der Waals surface area contributed by atoms with Gasteiger partial charge in [0.15, 0.2) is 0 Å². The highest BCUT2D eigenvalue weighted by Crippen LogP contribution is 2.51. The highest BCUT2D eigenvalue weighted by atomic mass is 16.6. The van der Waals surface area contributed by atoms with E-state index in [0.29, 0.717) is 0 Å². The SMILES string of the molecule is CC1(C)c2ccccc2-c2ccc(N(c3cccc4ccccc34)c3ccc(-c4ccc([N+](=O)[O-])cc4)c4ccccc34)cc21. The Hall–Kier alpha value is -5.74. The van der Waals surface area contributed by atoms with Crippen LogP contribution in [0.2, 0.25) is 0 Å². The lowest BCUT2D eigenvalue weighted by Gasteiger charge is -2.30. The van der Waals surface area contributed by atoms with Gasteiger partial charge in [-0.1, -0.05) is 111 Å². The zero-order valence-corrected chi connectivity index (χ0v) is 25.1. The van der Waals surface area contributed by atoms with Crippen molar-refractivity contribution in [2.75, 3.05) is 4.90 Å². The summed E-state index contributed by atoms with van der Waals surface area (Å²) in [6, 6.07) is 50.3. The Morgan fingerprint density at radius 2 is 1.18 bits per heavy atom. The van der Waals surface area contributed by atoms with Crippen LogP contribution in [0.5, 0.6) is 0 Å². The molecular formula is C41H30N2O2. The van der Waals surface area contributed by atoms with E-state index >= 15 is 0 Å². The minimum atomic E-state index is -0.358. The Kier molecular flexibility index (Phi) is 6.07. The molecule has 1 aliphatic carbocycles. The predicted octanol–water partition coefficient (Wildman–Crippen LogP) is 11.3. The molecular weight excluding hydrogens is 552 g/mol. The lowest BCUT2D eigenvalue weighted by molar-refractivity contribution is -0.384. The first-order valence-corrected chi connectivity index (χ1v) is 15.2. The van der Waals surface area contributed by atoms with Crippen molar-refractivity contribution in [3.8, 4) is 22.3 Å². The topological polar surface area (TPSA) is 46.4 Å². The van der Waals surface area contributed by atoms with Gasteiger partial charge in [0.25, 0.3) is 5.69 Å². The first-order valence-electron chi connectivity index (χ1n) is 15.2. The molecule has 0 spiro atoms. The van der Waals surface area contributed by atoms with Crippen LogP contribution >= 0.6 is 0 Å². The molecule has 0 saturated carbocycles. The second-order valence-corrected chi connectivity index (χ2v) is 12.2.